The van der Waals surface area contributed by atoms with Gasteiger partial charge in [0.25, 0.3) is 0 Å². The van der Waals surface area contributed by atoms with E-state index in [1.165, 1.54) is 0 Å². The number of amides is 1. The van der Waals surface area contributed by atoms with Crippen LogP contribution >= 0.6 is 0 Å². The van der Waals surface area contributed by atoms with Gasteiger partial charge in [-0.2, -0.15) is 0 Å². The maximum absolute atomic E-state index is 12.5. The molecule has 1 heterocycles. The van der Waals surface area contributed by atoms with E-state index in [1.807, 2.05) is 18.2 Å². The smallest absolute Gasteiger partial charge is 0.407 e. The van der Waals surface area contributed by atoms with E-state index >= 15 is 0 Å². The minimum absolute atomic E-state index is 0.0799. The number of hydrogen-bond donors (Lipinski definition) is 1. The Kier molecular flexibility index (Phi) is 7.24. The summed E-state index contributed by atoms with van der Waals surface area (Å²) < 4.78 is 22.6. The number of nitrogens with one attached hydrogen (secondary N) is 1. The van der Waals surface area contributed by atoms with Gasteiger partial charge in [0.15, 0.2) is 19.8 Å². The van der Waals surface area contributed by atoms with E-state index < -0.39 is 32.2 Å². The minimum Gasteiger partial charge on any atom is -0.454 e. The maximum Gasteiger partial charge on any atom is 0.407 e. The Morgan fingerprint density at radius 1 is 1.17 bits per heavy atom. The van der Waals surface area contributed by atoms with E-state index in [0.717, 1.165) is 11.8 Å². The fourth-order valence-electron chi connectivity index (χ4n) is 2.75. The Bertz CT molecular complexity index is 766. The highest BCUT2D eigenvalue weighted by atomic mass is 28.4. The molecule has 1 aliphatic heterocycles. The summed E-state index contributed by atoms with van der Waals surface area (Å²) in [7, 11) is -2.25. The summed E-state index contributed by atoms with van der Waals surface area (Å²) in [4.78, 5) is 24.5. The molecule has 0 saturated carbocycles. The Labute approximate surface area is 180 Å². The van der Waals surface area contributed by atoms with Gasteiger partial charge in [-0.15, -0.1) is 0 Å². The second kappa shape index (κ2) is 8.97. The summed E-state index contributed by atoms with van der Waals surface area (Å²) in [6.45, 7) is 16.0. The van der Waals surface area contributed by atoms with Crippen LogP contribution in [-0.4, -0.2) is 45.2 Å². The molecule has 2 atom stereocenters. The van der Waals surface area contributed by atoms with Crippen LogP contribution in [0.2, 0.25) is 18.1 Å². The van der Waals surface area contributed by atoms with Crippen molar-refractivity contribution in [1.29, 1.82) is 0 Å². The molecule has 30 heavy (non-hydrogen) atoms. The second-order valence-corrected chi connectivity index (χ2v) is 14.9. The zero-order valence-electron chi connectivity index (χ0n) is 19.3. The highest BCUT2D eigenvalue weighted by molar-refractivity contribution is 6.74. The Morgan fingerprint density at radius 2 is 1.80 bits per heavy atom. The lowest BCUT2D eigenvalue weighted by Crippen LogP contribution is -2.53. The molecule has 0 saturated heterocycles. The third-order valence-electron chi connectivity index (χ3n) is 5.36. The molecule has 2 rings (SSSR count). The van der Waals surface area contributed by atoms with Crippen molar-refractivity contribution in [2.45, 2.75) is 83.8 Å². The van der Waals surface area contributed by atoms with Crippen molar-refractivity contribution in [2.24, 2.45) is 0 Å². The quantitative estimate of drug-likeness (QED) is 0.501. The lowest BCUT2D eigenvalue weighted by molar-refractivity contribution is -0.115. The molecule has 0 spiro atoms. The fourth-order valence-corrected chi connectivity index (χ4v) is 4.01. The number of alkyl carbamates (subject to hydrolysis) is 1. The van der Waals surface area contributed by atoms with Gasteiger partial charge in [0.2, 0.25) is 6.79 Å². The molecule has 1 aromatic rings. The predicted octanol–water partition coefficient (Wildman–Crippen LogP) is 4.44. The van der Waals surface area contributed by atoms with E-state index in [2.05, 4.69) is 39.2 Å². The normalized spacial score (nSPS) is 16.0. The van der Waals surface area contributed by atoms with Crippen LogP contribution in [0, 0.1) is 0 Å². The Hall–Kier alpha value is -2.06. The first-order valence-corrected chi connectivity index (χ1v) is 13.1. The number of ether oxygens (including phenoxy) is 3. The second-order valence-electron chi connectivity index (χ2n) is 10.1. The first-order chi connectivity index (χ1) is 13.7. The lowest BCUT2D eigenvalue weighted by Gasteiger charge is -2.40. The van der Waals surface area contributed by atoms with Gasteiger partial charge in [0.05, 0.1) is 6.04 Å². The van der Waals surface area contributed by atoms with Gasteiger partial charge >= 0.3 is 6.09 Å². The molecule has 8 heteroatoms. The molecular formula is C22H35NO6Si. The van der Waals surface area contributed by atoms with Crippen LogP contribution in [0.1, 0.15) is 47.1 Å². The molecule has 1 aliphatic rings. The van der Waals surface area contributed by atoms with Gasteiger partial charge < -0.3 is 28.7 Å². The molecule has 0 aliphatic carbocycles. The number of fused-ring (bicyclic) bond motifs is 1. The van der Waals surface area contributed by atoms with Gasteiger partial charge in [0.1, 0.15) is 18.0 Å². The molecule has 1 aromatic carbocycles. The van der Waals surface area contributed by atoms with Gasteiger partial charge in [-0.25, -0.2) is 4.79 Å². The van der Waals surface area contributed by atoms with Gasteiger partial charge in [0, 0.05) is 0 Å². The van der Waals surface area contributed by atoms with Crippen LogP contribution in [0.4, 0.5) is 4.79 Å². The van der Waals surface area contributed by atoms with Crippen LogP contribution in [0.3, 0.4) is 0 Å². The first kappa shape index (κ1) is 24.2. The van der Waals surface area contributed by atoms with Crippen molar-refractivity contribution in [3.8, 4) is 11.5 Å². The monoisotopic (exact) mass is 437 g/mol. The molecule has 7 nitrogen and oxygen atoms in total. The molecule has 1 amide bonds. The zero-order valence-corrected chi connectivity index (χ0v) is 20.3. The summed E-state index contributed by atoms with van der Waals surface area (Å²) in [6, 6.07) is 4.99. The molecule has 0 radical (unpaired) electrons. The molecule has 0 aromatic heterocycles. The molecule has 168 valence electrons. The van der Waals surface area contributed by atoms with Gasteiger partial charge in [-0.3, -0.25) is 0 Å². The number of carbonyl (C=O) groups is 2. The fraction of sp³-hybridized carbons (Fsp3) is 0.636. The number of carbonyl (C=O) groups excluding carboxylic acids is 2. The van der Waals surface area contributed by atoms with E-state index in [9.17, 15) is 9.59 Å². The summed E-state index contributed by atoms with van der Waals surface area (Å²) >= 11 is 0. The lowest BCUT2D eigenvalue weighted by atomic mass is 10.0. The van der Waals surface area contributed by atoms with Crippen LogP contribution < -0.4 is 14.8 Å². The maximum atomic E-state index is 12.5. The van der Waals surface area contributed by atoms with Crippen molar-refractivity contribution >= 4 is 20.7 Å². The molecule has 0 unspecified atom stereocenters. The standard InChI is InChI=1S/C22H35NO6Si/c1-21(2,3)28-20(25)23-16(19(13-24)29-30(7,8)22(4,5)6)11-15-9-10-17-18(12-15)27-14-26-17/h9-10,12-13,16,19H,11,14H2,1-8H3,(H,23,25)/t16-,19+/m0/s1. The number of rotatable bonds is 7. The average Bonchev–Trinajstić information content (AvgIpc) is 3.04. The van der Waals surface area contributed by atoms with Crippen LogP contribution in [0.15, 0.2) is 18.2 Å². The van der Waals surface area contributed by atoms with Crippen LogP contribution in [-0.2, 0) is 20.4 Å². The van der Waals surface area contributed by atoms with E-state index in [1.54, 1.807) is 20.8 Å². The van der Waals surface area contributed by atoms with E-state index in [4.69, 9.17) is 18.6 Å². The van der Waals surface area contributed by atoms with Crippen molar-refractivity contribution in [2.75, 3.05) is 6.79 Å². The first-order valence-electron chi connectivity index (χ1n) is 10.2. The molecule has 0 fully saturated rings. The van der Waals surface area contributed by atoms with Crippen LogP contribution in [0.25, 0.3) is 0 Å². The molecule has 1 N–H and O–H groups in total. The number of hydrogen-bond acceptors (Lipinski definition) is 6. The summed E-state index contributed by atoms with van der Waals surface area (Å²) in [6.07, 6.45) is -0.230. The summed E-state index contributed by atoms with van der Waals surface area (Å²) in [5.74, 6) is 1.33. The topological polar surface area (TPSA) is 83.1 Å². The molecular weight excluding hydrogens is 402 g/mol. The SMILES string of the molecule is CC(C)(C)OC(=O)N[C@@H](Cc1ccc2c(c1)OCO2)[C@@H](C=O)O[Si](C)(C)C(C)(C)C. The summed E-state index contributed by atoms with van der Waals surface area (Å²) in [5.41, 5.74) is 0.246. The Morgan fingerprint density at radius 3 is 2.37 bits per heavy atom. The van der Waals surface area contributed by atoms with E-state index in [-0.39, 0.29) is 11.8 Å². The largest absolute Gasteiger partial charge is 0.454 e. The van der Waals surface area contributed by atoms with Crippen molar-refractivity contribution < 1.29 is 28.2 Å². The van der Waals surface area contributed by atoms with Gasteiger partial charge in [-0.05, 0) is 63.0 Å². The minimum atomic E-state index is -2.25. The van der Waals surface area contributed by atoms with Crippen molar-refractivity contribution in [1.82, 2.24) is 5.32 Å². The van der Waals surface area contributed by atoms with Crippen LogP contribution in [0.5, 0.6) is 11.5 Å². The van der Waals surface area contributed by atoms with Crippen molar-refractivity contribution in [3.05, 3.63) is 23.8 Å². The van der Waals surface area contributed by atoms with E-state index in [0.29, 0.717) is 17.9 Å². The Balaban J connectivity index is 2.26. The third-order valence-corrected chi connectivity index (χ3v) is 9.84. The number of aldehydes is 1. The third kappa shape index (κ3) is 6.47. The van der Waals surface area contributed by atoms with Crippen molar-refractivity contribution in [3.63, 3.8) is 0 Å². The predicted molar refractivity (Wildman–Crippen MR) is 118 cm³/mol. The highest BCUT2D eigenvalue weighted by Crippen LogP contribution is 2.38. The highest BCUT2D eigenvalue weighted by Gasteiger charge is 2.41. The van der Waals surface area contributed by atoms with Gasteiger partial charge in [-0.1, -0.05) is 26.8 Å². The number of benzene rings is 1. The zero-order chi connectivity index (χ0) is 22.7. The summed E-state index contributed by atoms with van der Waals surface area (Å²) in [5, 5.41) is 2.77. The molecule has 0 bridgehead atoms. The average molecular weight is 438 g/mol.